The number of hydrogen-bond acceptors (Lipinski definition) is 12. The van der Waals surface area contributed by atoms with Crippen molar-refractivity contribution in [2.24, 2.45) is 0 Å². The van der Waals surface area contributed by atoms with E-state index in [0.717, 1.165) is 167 Å². The smallest absolute Gasteiger partial charge is 0.868 e. The van der Waals surface area contributed by atoms with Crippen LogP contribution in [0.5, 0.6) is 23.0 Å². The molecule has 0 atom stereocenters. The Kier molecular flexibility index (Phi) is 31.5. The summed E-state index contributed by atoms with van der Waals surface area (Å²) in [5, 5.41) is 54.4. The fourth-order valence-electron chi connectivity index (χ4n) is 17.3. The Hall–Kier alpha value is -16.9. The van der Waals surface area contributed by atoms with Crippen LogP contribution in [0.1, 0.15) is 0 Å². The van der Waals surface area contributed by atoms with Crippen molar-refractivity contribution in [3.63, 3.8) is 0 Å². The largest absolute Gasteiger partial charge is 1.00 e. The third kappa shape index (κ3) is 22.1. The van der Waals surface area contributed by atoms with Gasteiger partial charge in [-0.3, -0.25) is 0 Å². The molecule has 4 N–H and O–H groups in total. The van der Waals surface area contributed by atoms with Gasteiger partial charge in [0.15, 0.2) is 48.1 Å². The maximum absolute atomic E-state index is 13.2. The fourth-order valence-corrected chi connectivity index (χ4v) is 17.3. The van der Waals surface area contributed by atoms with Crippen LogP contribution in [-0.4, -0.2) is 39.9 Å². The average Bonchev–Trinajstić information content (AvgIpc) is 0.786. The Bertz CT molecular complexity index is 8350. The molecular weight excluding hydrogens is 1750 g/mol. The number of benzene rings is 16. The van der Waals surface area contributed by atoms with Crippen LogP contribution in [0.2, 0.25) is 0 Å². The first-order valence-electron chi connectivity index (χ1n) is 45.9. The van der Waals surface area contributed by atoms with Gasteiger partial charge >= 0.3 is 75.4 Å². The maximum atomic E-state index is 13.2. The molecule has 0 unspecified atom stereocenters. The topological polar surface area (TPSA) is 252 Å². The zero-order valence-electron chi connectivity index (χ0n) is 79.4. The number of aromatic nitrogens is 12. The molecule has 0 radical (unpaired) electrons. The Morgan fingerprint density at radius 3 is 0.674 bits per heavy atom. The molecule has 0 aliphatic carbocycles. The van der Waals surface area contributed by atoms with Gasteiger partial charge in [0.1, 0.15) is 0 Å². The van der Waals surface area contributed by atoms with E-state index >= 15 is 0 Å². The van der Waals surface area contributed by atoms with Crippen molar-refractivity contribution in [2.45, 2.75) is 0 Å². The van der Waals surface area contributed by atoms with Crippen LogP contribution >= 0.6 is 0 Å². The molecule has 0 aliphatic heterocycles. The van der Waals surface area contributed by atoms with Crippen molar-refractivity contribution in [3.8, 4) is 203 Å². The summed E-state index contributed by atoms with van der Waals surface area (Å²) in [6, 6.07) is 151. The molecule has 144 heavy (non-hydrogen) atoms. The van der Waals surface area contributed by atoms with Gasteiger partial charge in [-0.1, -0.05) is 364 Å². The molecule has 0 bridgehead atoms. The van der Waals surface area contributed by atoms with E-state index in [9.17, 15) is 20.4 Å². The van der Waals surface area contributed by atoms with E-state index in [4.69, 9.17) is 39.9 Å². The Morgan fingerprint density at radius 1 is 0.153 bits per heavy atom. The molecule has 0 saturated heterocycles. The summed E-state index contributed by atoms with van der Waals surface area (Å²) in [7, 11) is 0. The van der Waals surface area contributed by atoms with Gasteiger partial charge in [-0.25, -0.2) is 59.8 Å². The summed E-state index contributed by atoms with van der Waals surface area (Å²) in [6.45, 7) is 0. The van der Waals surface area contributed by atoms with E-state index in [2.05, 4.69) is 98.8 Å². The van der Waals surface area contributed by atoms with Crippen molar-refractivity contribution in [1.82, 2.24) is 39.9 Å². The van der Waals surface area contributed by atoms with Gasteiger partial charge in [-0.2, -0.15) is 0 Å². The van der Waals surface area contributed by atoms with Crippen LogP contribution < -0.4 is 116 Å². The Balaban J connectivity index is 0.000000130. The number of fused-ring (bicyclic) bond motifs is 4. The molecule has 24 rings (SSSR count). The van der Waals surface area contributed by atoms with Gasteiger partial charge < -0.3 is 20.4 Å². The summed E-state index contributed by atoms with van der Waals surface area (Å²) in [4.78, 5) is 51.4. The van der Waals surface area contributed by atoms with Gasteiger partial charge in [0.05, 0.1) is 56.3 Å². The van der Waals surface area contributed by atoms with Gasteiger partial charge in [-0.15, -0.1) is 0 Å². The van der Waals surface area contributed by atoms with Crippen LogP contribution in [0.15, 0.2) is 486 Å². The predicted octanol–water partition coefficient (Wildman–Crippen LogP) is 12.8. The minimum atomic E-state index is -0.0173. The molecule has 0 fully saturated rings. The summed E-state index contributed by atoms with van der Waals surface area (Å²) in [6.07, 6.45) is 7.11. The minimum absolute atomic E-state index is 0. The van der Waals surface area contributed by atoms with E-state index in [1.807, 2.05) is 370 Å². The number of H-pyrrole nitrogens is 4. The molecular formula is C124H84Li4N12O4+4. The summed E-state index contributed by atoms with van der Waals surface area (Å²) >= 11 is 0. The van der Waals surface area contributed by atoms with Crippen molar-refractivity contribution in [2.75, 3.05) is 0 Å². The number of rotatable bonds is 16. The standard InChI is InChI=1S/4C31H21N3O.4Li/c35-30-26(17-16-22-15-8-18-32-29(22)30)24-13-7-14-25(19-24)28-20-27(21-9-3-1-4-10-21)33-31(34-28)23-11-5-2-6-12-23;35-29-17-16-25(26-15-8-18-32-30(26)29)23-13-7-14-24(19-23)28-20-27(21-9-3-1-4-10-21)33-31(34-28)22-11-5-2-6-12-22;35-30-26(18-17-24-12-7-19-32-29(24)30)21-13-15-23(16-14-21)28-20-27(22-8-3-1-4-9-22)33-31(34-28)25-10-5-2-6-11-25;35-29-18-17-25(26-12-7-19-32-30(26)29)21-13-15-23(16-14-21)28-20-27(22-8-3-1-4-9-22)33-31(34-28)24-10-5-2-6-11-24;;;;/h4*1-20,35H;;;;/q;;;;4*+1. The zero-order valence-corrected chi connectivity index (χ0v) is 79.4. The first kappa shape index (κ1) is 98.7. The third-order valence-electron chi connectivity index (χ3n) is 24.4. The van der Waals surface area contributed by atoms with E-state index in [-0.39, 0.29) is 98.4 Å². The van der Waals surface area contributed by atoms with Crippen molar-refractivity contribution in [3.05, 3.63) is 486 Å². The summed E-state index contributed by atoms with van der Waals surface area (Å²) in [5.41, 5.74) is 28.3. The molecule has 0 amide bonds. The molecule has 20 heteroatoms. The SMILES string of the molecule is [Li+].[Li+].[Li+].[Li+].[O-]c1c(-c2ccc(-c3cc(-c4ccccc4)nc(-c4ccccc4)n3)cc2)ccc2ccc[nH+]c12.[O-]c1c(-c2cccc(-c3cc(-c4ccccc4)nc(-c4ccccc4)n3)c2)ccc2ccc[nH+]c12.[O-]c1ccc(-c2ccc(-c3cc(-c4ccccc4)nc(-c4ccccc4)n3)cc2)c2ccc[nH+]c12.[O-]c1ccc(-c2cccc(-c3cc(-c4ccccc4)nc(-c4ccccc4)n3)c2)c2ccc[nH+]c12. The van der Waals surface area contributed by atoms with Crippen LogP contribution in [0, 0.1) is 0 Å². The van der Waals surface area contributed by atoms with Crippen LogP contribution in [0.25, 0.3) is 224 Å². The molecule has 8 aromatic heterocycles. The van der Waals surface area contributed by atoms with E-state index in [1.165, 1.54) is 0 Å². The first-order chi connectivity index (χ1) is 69.0. The number of pyridine rings is 4. The molecule has 0 aliphatic rings. The first-order valence-corrected chi connectivity index (χ1v) is 45.9. The maximum Gasteiger partial charge on any atom is 1.00 e. The second-order valence-electron chi connectivity index (χ2n) is 33.4. The molecule has 16 aromatic carbocycles. The second kappa shape index (κ2) is 46.0. The van der Waals surface area contributed by atoms with Gasteiger partial charge in [0.25, 0.3) is 0 Å². The number of hydrogen-bond donors (Lipinski definition) is 0. The normalized spacial score (nSPS) is 10.7. The van der Waals surface area contributed by atoms with Gasteiger partial charge in [0.2, 0.25) is 22.1 Å². The molecule has 16 nitrogen and oxygen atoms in total. The molecule has 24 aromatic rings. The molecule has 664 valence electrons. The molecule has 8 heterocycles. The van der Waals surface area contributed by atoms with Crippen LogP contribution in [0.3, 0.4) is 0 Å². The van der Waals surface area contributed by atoms with Crippen LogP contribution in [0.4, 0.5) is 0 Å². The number of nitrogens with one attached hydrogen (secondary N) is 4. The van der Waals surface area contributed by atoms with Crippen molar-refractivity contribution in [1.29, 1.82) is 0 Å². The van der Waals surface area contributed by atoms with Crippen LogP contribution in [-0.2, 0) is 0 Å². The second-order valence-corrected chi connectivity index (χ2v) is 33.4. The monoisotopic (exact) mass is 1830 g/mol. The van der Waals surface area contributed by atoms with Crippen molar-refractivity contribution >= 4 is 43.6 Å². The summed E-state index contributed by atoms with van der Waals surface area (Å²) in [5.74, 6) is 2.67. The minimum Gasteiger partial charge on any atom is -0.868 e. The van der Waals surface area contributed by atoms with E-state index < -0.39 is 0 Å². The molecule has 0 spiro atoms. The zero-order chi connectivity index (χ0) is 94.5. The van der Waals surface area contributed by atoms with Gasteiger partial charge in [-0.05, 0) is 140 Å². The fraction of sp³-hybridized carbons (Fsp3) is 0. The predicted molar refractivity (Wildman–Crippen MR) is 549 cm³/mol. The van der Waals surface area contributed by atoms with E-state index in [1.54, 1.807) is 36.9 Å². The third-order valence-corrected chi connectivity index (χ3v) is 24.4. The van der Waals surface area contributed by atoms with E-state index in [0.29, 0.717) is 56.5 Å². The molecule has 0 saturated carbocycles. The van der Waals surface area contributed by atoms with Crippen molar-refractivity contribution < 1.29 is 116 Å². The average molecular weight is 1830 g/mol. The van der Waals surface area contributed by atoms with Gasteiger partial charge in [0, 0.05) is 102 Å². The Labute approximate surface area is 880 Å². The summed E-state index contributed by atoms with van der Waals surface area (Å²) < 4.78 is 0. The Morgan fingerprint density at radius 2 is 0.368 bits per heavy atom. The number of nitrogens with zero attached hydrogens (tertiary/aromatic N) is 8. The quantitative estimate of drug-likeness (QED) is 0.0819. The number of aromatic amines is 4.